The van der Waals surface area contributed by atoms with E-state index in [1.54, 1.807) is 25.5 Å². The van der Waals surface area contributed by atoms with E-state index in [0.29, 0.717) is 5.58 Å². The van der Waals surface area contributed by atoms with Crippen molar-refractivity contribution in [3.05, 3.63) is 90.2 Å². The van der Waals surface area contributed by atoms with Crippen LogP contribution in [0.1, 0.15) is 15.9 Å². The maximum Gasteiger partial charge on any atom is 0.189 e. The Morgan fingerprint density at radius 2 is 1.79 bits per heavy atom. The molecule has 0 aliphatic rings. The van der Waals surface area contributed by atoms with Gasteiger partial charge < -0.3 is 14.3 Å². The SMILES string of the molecule is COc1ccc(/C=C/C(=O)c2cc3c(-c4ccccc4)coc3cc2O)cc1. The summed E-state index contributed by atoms with van der Waals surface area (Å²) in [7, 11) is 1.60. The Bertz CT molecular complexity index is 1150. The smallest absolute Gasteiger partial charge is 0.189 e. The van der Waals surface area contributed by atoms with Gasteiger partial charge in [-0.3, -0.25) is 4.79 Å². The van der Waals surface area contributed by atoms with Gasteiger partial charge in [0.25, 0.3) is 0 Å². The van der Waals surface area contributed by atoms with E-state index in [0.717, 1.165) is 27.8 Å². The highest BCUT2D eigenvalue weighted by molar-refractivity contribution is 6.11. The van der Waals surface area contributed by atoms with Gasteiger partial charge in [-0.25, -0.2) is 0 Å². The topological polar surface area (TPSA) is 59.7 Å². The third-order valence-corrected chi connectivity index (χ3v) is 4.59. The van der Waals surface area contributed by atoms with Gasteiger partial charge in [-0.05, 0) is 35.4 Å². The molecule has 1 N–H and O–H groups in total. The van der Waals surface area contributed by atoms with Crippen molar-refractivity contribution in [1.82, 2.24) is 0 Å². The number of aromatic hydroxyl groups is 1. The zero-order valence-corrected chi connectivity index (χ0v) is 15.3. The van der Waals surface area contributed by atoms with Gasteiger partial charge in [0.05, 0.1) is 18.9 Å². The Morgan fingerprint density at radius 3 is 2.50 bits per heavy atom. The number of ketones is 1. The Labute approximate surface area is 162 Å². The lowest BCUT2D eigenvalue weighted by molar-refractivity contribution is 0.104. The lowest BCUT2D eigenvalue weighted by Crippen LogP contribution is -1.95. The van der Waals surface area contributed by atoms with E-state index in [-0.39, 0.29) is 17.1 Å². The van der Waals surface area contributed by atoms with Crippen LogP contribution in [0.4, 0.5) is 0 Å². The van der Waals surface area contributed by atoms with Crippen molar-refractivity contribution in [2.75, 3.05) is 7.11 Å². The van der Waals surface area contributed by atoms with Crippen molar-refractivity contribution in [2.24, 2.45) is 0 Å². The predicted octanol–water partition coefficient (Wildman–Crippen LogP) is 5.71. The average molecular weight is 370 g/mol. The maximum atomic E-state index is 12.7. The number of methoxy groups -OCH3 is 1. The Balaban J connectivity index is 1.68. The number of carbonyl (C=O) groups is 1. The minimum absolute atomic E-state index is 0.106. The van der Waals surface area contributed by atoms with Crippen LogP contribution < -0.4 is 4.74 Å². The van der Waals surface area contributed by atoms with Gasteiger partial charge in [0.15, 0.2) is 5.78 Å². The zero-order valence-electron chi connectivity index (χ0n) is 15.3. The van der Waals surface area contributed by atoms with Crippen LogP contribution >= 0.6 is 0 Å². The molecule has 4 rings (SSSR count). The van der Waals surface area contributed by atoms with Gasteiger partial charge in [0.2, 0.25) is 0 Å². The highest BCUT2D eigenvalue weighted by atomic mass is 16.5. The molecule has 0 amide bonds. The van der Waals surface area contributed by atoms with Crippen molar-refractivity contribution >= 4 is 22.8 Å². The van der Waals surface area contributed by atoms with Crippen molar-refractivity contribution in [2.45, 2.75) is 0 Å². The quantitative estimate of drug-likeness (QED) is 0.361. The fraction of sp³-hybridized carbons (Fsp3) is 0.0417. The van der Waals surface area contributed by atoms with Crippen molar-refractivity contribution < 1.29 is 19.1 Å². The molecule has 1 aromatic heterocycles. The summed E-state index contributed by atoms with van der Waals surface area (Å²) in [5.74, 6) is 0.362. The van der Waals surface area contributed by atoms with Crippen LogP contribution in [0.25, 0.3) is 28.2 Å². The van der Waals surface area contributed by atoms with Crippen LogP contribution in [-0.4, -0.2) is 18.0 Å². The van der Waals surface area contributed by atoms with E-state index in [4.69, 9.17) is 9.15 Å². The fourth-order valence-corrected chi connectivity index (χ4v) is 3.08. The number of rotatable bonds is 5. The van der Waals surface area contributed by atoms with Crippen molar-refractivity contribution in [1.29, 1.82) is 0 Å². The van der Waals surface area contributed by atoms with E-state index in [1.807, 2.05) is 54.6 Å². The number of phenolic OH excluding ortho intramolecular Hbond substituents is 1. The number of benzene rings is 3. The minimum atomic E-state index is -0.282. The number of fused-ring (bicyclic) bond motifs is 1. The second kappa shape index (κ2) is 7.45. The summed E-state index contributed by atoms with van der Waals surface area (Å²) in [5.41, 5.74) is 3.49. The second-order valence-electron chi connectivity index (χ2n) is 6.35. The number of hydrogen-bond acceptors (Lipinski definition) is 4. The number of phenols is 1. The molecule has 3 aromatic carbocycles. The van der Waals surface area contributed by atoms with Gasteiger partial charge in [-0.15, -0.1) is 0 Å². The molecular weight excluding hydrogens is 352 g/mol. The van der Waals surface area contributed by atoms with Crippen molar-refractivity contribution in [3.63, 3.8) is 0 Å². The molecule has 0 aliphatic carbocycles. The lowest BCUT2D eigenvalue weighted by Gasteiger charge is -2.03. The van der Waals surface area contributed by atoms with E-state index in [2.05, 4.69) is 0 Å². The van der Waals surface area contributed by atoms with Gasteiger partial charge in [0.1, 0.15) is 17.1 Å². The third-order valence-electron chi connectivity index (χ3n) is 4.59. The van der Waals surface area contributed by atoms with E-state index >= 15 is 0 Å². The second-order valence-corrected chi connectivity index (χ2v) is 6.35. The largest absolute Gasteiger partial charge is 0.507 e. The standard InChI is InChI=1S/C24H18O4/c1-27-18-10-7-16(8-11-18)9-12-22(25)20-13-19-21(17-5-3-2-4-6-17)15-28-24(19)14-23(20)26/h2-15,26H,1H3/b12-9+. The molecule has 0 radical (unpaired) electrons. The molecule has 0 spiro atoms. The Morgan fingerprint density at radius 1 is 1.04 bits per heavy atom. The molecule has 4 nitrogen and oxygen atoms in total. The van der Waals surface area contributed by atoms with Gasteiger partial charge in [0, 0.05) is 17.0 Å². The molecule has 0 aliphatic heterocycles. The summed E-state index contributed by atoms with van der Waals surface area (Å²) in [6.45, 7) is 0. The molecule has 0 saturated carbocycles. The van der Waals surface area contributed by atoms with E-state index in [9.17, 15) is 9.90 Å². The summed E-state index contributed by atoms with van der Waals surface area (Å²) < 4.78 is 10.7. The summed E-state index contributed by atoms with van der Waals surface area (Å²) in [5, 5.41) is 11.1. The Kier molecular flexibility index (Phi) is 4.68. The van der Waals surface area contributed by atoms with Gasteiger partial charge >= 0.3 is 0 Å². The average Bonchev–Trinajstić information content (AvgIpc) is 3.15. The molecule has 138 valence electrons. The zero-order chi connectivity index (χ0) is 19.5. The number of allylic oxidation sites excluding steroid dienone is 1. The van der Waals surface area contributed by atoms with Crippen molar-refractivity contribution in [3.8, 4) is 22.6 Å². The lowest BCUT2D eigenvalue weighted by atomic mass is 10.0. The number of ether oxygens (including phenoxy) is 1. The van der Waals surface area contributed by atoms with Crippen LogP contribution in [0.5, 0.6) is 11.5 Å². The molecule has 4 aromatic rings. The molecule has 0 unspecified atom stereocenters. The minimum Gasteiger partial charge on any atom is -0.507 e. The van der Waals surface area contributed by atoms with Crippen LogP contribution in [0.3, 0.4) is 0 Å². The summed E-state index contributed by atoms with van der Waals surface area (Å²) in [6, 6.07) is 20.3. The van der Waals surface area contributed by atoms with Crippen LogP contribution in [0, 0.1) is 0 Å². The molecule has 0 bridgehead atoms. The molecule has 28 heavy (non-hydrogen) atoms. The molecule has 1 heterocycles. The first kappa shape index (κ1) is 17.6. The monoisotopic (exact) mass is 370 g/mol. The Hall–Kier alpha value is -3.79. The van der Waals surface area contributed by atoms with Crippen LogP contribution in [0.15, 0.2) is 83.5 Å². The number of furan rings is 1. The van der Waals surface area contributed by atoms with Gasteiger partial charge in [-0.2, -0.15) is 0 Å². The predicted molar refractivity (Wildman–Crippen MR) is 110 cm³/mol. The van der Waals surface area contributed by atoms with Gasteiger partial charge in [-0.1, -0.05) is 48.5 Å². The first-order valence-corrected chi connectivity index (χ1v) is 8.82. The molecular formula is C24H18O4. The molecule has 0 saturated heterocycles. The van der Waals surface area contributed by atoms with Crippen LogP contribution in [-0.2, 0) is 0 Å². The highest BCUT2D eigenvalue weighted by Crippen LogP contribution is 2.34. The van der Waals surface area contributed by atoms with Crippen LogP contribution in [0.2, 0.25) is 0 Å². The van der Waals surface area contributed by atoms with E-state index < -0.39 is 0 Å². The highest BCUT2D eigenvalue weighted by Gasteiger charge is 2.15. The van der Waals surface area contributed by atoms with E-state index in [1.165, 1.54) is 12.1 Å². The summed E-state index contributed by atoms with van der Waals surface area (Å²) in [6.07, 6.45) is 4.80. The number of carbonyl (C=O) groups excluding carboxylic acids is 1. The normalized spacial score (nSPS) is 11.2. The molecule has 4 heteroatoms. The summed E-state index contributed by atoms with van der Waals surface area (Å²) in [4.78, 5) is 12.7. The first-order valence-electron chi connectivity index (χ1n) is 8.82. The number of hydrogen-bond donors (Lipinski definition) is 1. The maximum absolute atomic E-state index is 12.7. The molecule has 0 atom stereocenters. The molecule has 0 fully saturated rings. The first-order chi connectivity index (χ1) is 13.7. The third kappa shape index (κ3) is 3.40. The fourth-order valence-electron chi connectivity index (χ4n) is 3.08. The summed E-state index contributed by atoms with van der Waals surface area (Å²) >= 11 is 0.